The van der Waals surface area contributed by atoms with E-state index in [0.29, 0.717) is 38.9 Å². The van der Waals surface area contributed by atoms with Crippen molar-refractivity contribution >= 4 is 43.6 Å². The van der Waals surface area contributed by atoms with Gasteiger partial charge in [-0.25, -0.2) is 0 Å². The van der Waals surface area contributed by atoms with Crippen LogP contribution in [0.15, 0.2) is 158 Å². The molecule has 0 atom stereocenters. The second kappa shape index (κ2) is 14.6. The van der Waals surface area contributed by atoms with Gasteiger partial charge in [-0.15, -0.1) is 0 Å². The standard InChI is InChI=1S/C54H26N8/c55-27-33-6-5-7-40(18-33)46-26-54(62-50-11-4-2-9-45(50)48-24-39(13-15-52(48)62)42-21-36(30-58)17-37(22-42)31-59)53(25-43(46)32-60)61-49-10-3-1-8-44(49)47-23-38(12-14-51(47)61)41-19-34(28-56)16-35(20-41)29-57/h1-26H. The van der Waals surface area contributed by atoms with E-state index in [2.05, 4.69) is 88.0 Å². The van der Waals surface area contributed by atoms with E-state index in [1.165, 1.54) is 0 Å². The Morgan fingerprint density at radius 3 is 1.19 bits per heavy atom. The van der Waals surface area contributed by atoms with Crippen LogP contribution in [0.4, 0.5) is 0 Å². The first-order valence-electron chi connectivity index (χ1n) is 19.5. The van der Waals surface area contributed by atoms with E-state index in [0.717, 1.165) is 82.8 Å². The summed E-state index contributed by atoms with van der Waals surface area (Å²) in [5.41, 5.74) is 12.2. The van der Waals surface area contributed by atoms with Gasteiger partial charge in [0.05, 0.1) is 103 Å². The van der Waals surface area contributed by atoms with E-state index < -0.39 is 0 Å². The van der Waals surface area contributed by atoms with Gasteiger partial charge in [0.1, 0.15) is 0 Å². The first-order valence-corrected chi connectivity index (χ1v) is 19.5. The molecular formula is C54H26N8. The smallest absolute Gasteiger partial charge is 0.0998 e. The number of nitriles is 6. The lowest BCUT2D eigenvalue weighted by molar-refractivity contribution is 1.09. The second-order valence-electron chi connectivity index (χ2n) is 14.9. The third kappa shape index (κ3) is 5.87. The molecule has 8 aromatic carbocycles. The highest BCUT2D eigenvalue weighted by atomic mass is 15.1. The van der Waals surface area contributed by atoms with Gasteiger partial charge in [0.2, 0.25) is 0 Å². The molecule has 2 heterocycles. The number of fused-ring (bicyclic) bond motifs is 6. The zero-order chi connectivity index (χ0) is 42.5. The molecule has 62 heavy (non-hydrogen) atoms. The van der Waals surface area contributed by atoms with E-state index >= 15 is 0 Å². The molecule has 0 fully saturated rings. The van der Waals surface area contributed by atoms with Gasteiger partial charge >= 0.3 is 0 Å². The van der Waals surface area contributed by atoms with E-state index in [-0.39, 0.29) is 0 Å². The maximum absolute atomic E-state index is 10.9. The van der Waals surface area contributed by atoms with Gasteiger partial charge in [0.15, 0.2) is 0 Å². The van der Waals surface area contributed by atoms with Crippen LogP contribution in [-0.2, 0) is 0 Å². The number of benzene rings is 8. The fourth-order valence-corrected chi connectivity index (χ4v) is 8.69. The summed E-state index contributed by atoms with van der Waals surface area (Å²) >= 11 is 0. The SMILES string of the molecule is N#Cc1cc(C#N)cc(-c2ccc3c(c2)c2ccccc2n3-c2cc(C#N)c(-c3cccc(C#N)c3)cc2-n2c3ccccc3c3cc(-c4cc(C#N)cc(C#N)c4)ccc32)c1. The van der Waals surface area contributed by atoms with Crippen molar-refractivity contribution in [3.63, 3.8) is 0 Å². The number of nitrogens with zero attached hydrogens (tertiary/aromatic N) is 8. The molecule has 10 rings (SSSR count). The molecule has 0 aliphatic rings. The van der Waals surface area contributed by atoms with Crippen molar-refractivity contribution in [2.24, 2.45) is 0 Å². The van der Waals surface area contributed by atoms with Crippen LogP contribution >= 0.6 is 0 Å². The van der Waals surface area contributed by atoms with Crippen molar-refractivity contribution in [3.05, 3.63) is 191 Å². The molecule has 0 aliphatic heterocycles. The van der Waals surface area contributed by atoms with Crippen LogP contribution in [-0.4, -0.2) is 9.13 Å². The summed E-state index contributed by atoms with van der Waals surface area (Å²) in [5.74, 6) is 0. The Hall–Kier alpha value is -9.70. The molecule has 0 N–H and O–H groups in total. The Balaban J connectivity index is 1.30. The van der Waals surface area contributed by atoms with E-state index in [1.807, 2.05) is 66.7 Å². The maximum atomic E-state index is 10.9. The third-order valence-electron chi connectivity index (χ3n) is 11.4. The zero-order valence-corrected chi connectivity index (χ0v) is 32.6. The van der Waals surface area contributed by atoms with Gasteiger partial charge in [0, 0.05) is 27.1 Å². The average molecular weight is 787 g/mol. The summed E-state index contributed by atoms with van der Waals surface area (Å²) in [5, 5.41) is 63.6. The molecule has 0 saturated carbocycles. The molecule has 2 aromatic heterocycles. The van der Waals surface area contributed by atoms with Crippen LogP contribution < -0.4 is 0 Å². The van der Waals surface area contributed by atoms with Gasteiger partial charge in [-0.2, -0.15) is 31.6 Å². The van der Waals surface area contributed by atoms with Gasteiger partial charge in [-0.1, -0.05) is 60.7 Å². The minimum atomic E-state index is 0.400. The molecule has 0 saturated heterocycles. The van der Waals surface area contributed by atoms with Crippen molar-refractivity contribution in [3.8, 4) is 81.2 Å². The molecular weight excluding hydrogens is 761 g/mol. The van der Waals surface area contributed by atoms with E-state index in [9.17, 15) is 31.6 Å². The number of para-hydroxylation sites is 2. The lowest BCUT2D eigenvalue weighted by Gasteiger charge is -2.19. The van der Waals surface area contributed by atoms with Crippen molar-refractivity contribution in [2.45, 2.75) is 0 Å². The summed E-state index contributed by atoms with van der Waals surface area (Å²) in [6.45, 7) is 0. The van der Waals surface area contributed by atoms with E-state index in [4.69, 9.17) is 0 Å². The number of hydrogen-bond acceptors (Lipinski definition) is 6. The molecule has 10 aromatic rings. The van der Waals surface area contributed by atoms with Crippen LogP contribution in [0.1, 0.15) is 33.4 Å². The molecule has 0 bridgehead atoms. The Kier molecular flexibility index (Phi) is 8.62. The molecule has 0 spiro atoms. The molecule has 0 amide bonds. The lowest BCUT2D eigenvalue weighted by Crippen LogP contribution is -2.05. The third-order valence-corrected chi connectivity index (χ3v) is 11.4. The fraction of sp³-hybridized carbons (Fsp3) is 0. The summed E-state index contributed by atoms with van der Waals surface area (Å²) in [4.78, 5) is 0. The predicted molar refractivity (Wildman–Crippen MR) is 240 cm³/mol. The largest absolute Gasteiger partial charge is 0.307 e. The highest BCUT2D eigenvalue weighted by Crippen LogP contribution is 2.42. The van der Waals surface area contributed by atoms with Crippen LogP contribution in [0.25, 0.3) is 88.4 Å². The van der Waals surface area contributed by atoms with Gasteiger partial charge in [-0.3, -0.25) is 0 Å². The van der Waals surface area contributed by atoms with Gasteiger partial charge in [-0.05, 0) is 125 Å². The van der Waals surface area contributed by atoms with Crippen molar-refractivity contribution in [1.29, 1.82) is 31.6 Å². The minimum absolute atomic E-state index is 0.400. The summed E-state index contributed by atoms with van der Waals surface area (Å²) in [6.07, 6.45) is 0. The van der Waals surface area contributed by atoms with Crippen LogP contribution in [0.3, 0.4) is 0 Å². The number of hydrogen-bond donors (Lipinski definition) is 0. The average Bonchev–Trinajstić information content (AvgIpc) is 3.85. The van der Waals surface area contributed by atoms with Crippen molar-refractivity contribution in [2.75, 3.05) is 0 Å². The topological polar surface area (TPSA) is 153 Å². The summed E-state index contributed by atoms with van der Waals surface area (Å²) in [7, 11) is 0. The summed E-state index contributed by atoms with van der Waals surface area (Å²) < 4.78 is 4.39. The Morgan fingerprint density at radius 1 is 0.290 bits per heavy atom. The molecule has 0 aliphatic carbocycles. The first kappa shape index (κ1) is 36.6. The van der Waals surface area contributed by atoms with Crippen molar-refractivity contribution < 1.29 is 0 Å². The van der Waals surface area contributed by atoms with Gasteiger partial charge < -0.3 is 9.13 Å². The normalized spacial score (nSPS) is 10.8. The fourth-order valence-electron chi connectivity index (χ4n) is 8.69. The molecule has 8 nitrogen and oxygen atoms in total. The summed E-state index contributed by atoms with van der Waals surface area (Å²) in [6, 6.07) is 63.5. The zero-order valence-electron chi connectivity index (χ0n) is 32.6. The minimum Gasteiger partial charge on any atom is -0.307 e. The van der Waals surface area contributed by atoms with Crippen LogP contribution in [0.5, 0.6) is 0 Å². The highest BCUT2D eigenvalue weighted by Gasteiger charge is 2.23. The molecule has 282 valence electrons. The molecule has 0 radical (unpaired) electrons. The maximum Gasteiger partial charge on any atom is 0.0998 e. The quantitative estimate of drug-likeness (QED) is 0.169. The molecule has 8 heteroatoms. The Bertz CT molecular complexity index is 3770. The van der Waals surface area contributed by atoms with Crippen molar-refractivity contribution in [1.82, 2.24) is 9.13 Å². The monoisotopic (exact) mass is 786 g/mol. The second-order valence-corrected chi connectivity index (χ2v) is 14.9. The lowest BCUT2D eigenvalue weighted by atomic mass is 9.96. The first-order chi connectivity index (χ1) is 30.4. The van der Waals surface area contributed by atoms with Gasteiger partial charge in [0.25, 0.3) is 0 Å². The highest BCUT2D eigenvalue weighted by molar-refractivity contribution is 6.13. The van der Waals surface area contributed by atoms with E-state index in [1.54, 1.807) is 48.5 Å². The number of rotatable bonds is 5. The Labute approximate surface area is 355 Å². The Morgan fingerprint density at radius 2 is 0.726 bits per heavy atom. The van der Waals surface area contributed by atoms with Crippen LogP contribution in [0, 0.1) is 68.0 Å². The predicted octanol–water partition coefficient (Wildman–Crippen LogP) is 12.1. The van der Waals surface area contributed by atoms with Crippen LogP contribution in [0.2, 0.25) is 0 Å². The number of aromatic nitrogens is 2. The molecule has 0 unspecified atom stereocenters.